The average Bonchev–Trinajstić information content (AvgIpc) is 2.69. The number of esters is 1. The number of halogens is 1. The van der Waals surface area contributed by atoms with Gasteiger partial charge >= 0.3 is 5.97 Å². The molecular formula is C24H18ClNO2. The van der Waals surface area contributed by atoms with Crippen LogP contribution in [0.25, 0.3) is 22.2 Å². The zero-order valence-electron chi connectivity index (χ0n) is 15.6. The molecule has 4 heteroatoms. The minimum Gasteiger partial charge on any atom is -0.423 e. The predicted octanol–water partition coefficient (Wildman–Crippen LogP) is 6.39. The average molecular weight is 388 g/mol. The Bertz CT molecular complexity index is 1170. The van der Waals surface area contributed by atoms with Gasteiger partial charge in [-0.25, -0.2) is 9.78 Å². The molecule has 0 aliphatic rings. The van der Waals surface area contributed by atoms with Gasteiger partial charge in [-0.15, -0.1) is 0 Å². The first-order chi connectivity index (χ1) is 13.5. The third-order valence-electron chi connectivity index (χ3n) is 4.56. The van der Waals surface area contributed by atoms with E-state index in [0.717, 1.165) is 27.6 Å². The summed E-state index contributed by atoms with van der Waals surface area (Å²) < 4.78 is 5.63. The normalized spacial score (nSPS) is 10.8. The lowest BCUT2D eigenvalue weighted by molar-refractivity contribution is 0.0737. The highest BCUT2D eigenvalue weighted by atomic mass is 35.5. The Morgan fingerprint density at radius 2 is 1.54 bits per heavy atom. The lowest BCUT2D eigenvalue weighted by atomic mass is 10.0. The van der Waals surface area contributed by atoms with Crippen molar-refractivity contribution < 1.29 is 9.53 Å². The number of nitrogens with zero attached hydrogens (tertiary/aromatic N) is 1. The van der Waals surface area contributed by atoms with Gasteiger partial charge in [-0.3, -0.25) is 0 Å². The van der Waals surface area contributed by atoms with Gasteiger partial charge in [-0.1, -0.05) is 53.1 Å². The fraction of sp³-hybridized carbons (Fsp3) is 0.0833. The Morgan fingerprint density at radius 3 is 2.25 bits per heavy atom. The van der Waals surface area contributed by atoms with Crippen LogP contribution in [0.2, 0.25) is 5.02 Å². The molecule has 0 spiro atoms. The van der Waals surface area contributed by atoms with Crippen molar-refractivity contribution in [3.05, 3.63) is 94.5 Å². The van der Waals surface area contributed by atoms with Crippen molar-refractivity contribution in [1.29, 1.82) is 0 Å². The largest absolute Gasteiger partial charge is 0.423 e. The van der Waals surface area contributed by atoms with Crippen LogP contribution in [0.3, 0.4) is 0 Å². The van der Waals surface area contributed by atoms with E-state index in [9.17, 15) is 4.79 Å². The number of benzene rings is 3. The van der Waals surface area contributed by atoms with Gasteiger partial charge in [0.15, 0.2) is 0 Å². The Hall–Kier alpha value is -3.17. The van der Waals surface area contributed by atoms with Crippen LogP contribution < -0.4 is 4.74 Å². The van der Waals surface area contributed by atoms with Crippen LogP contribution in [0, 0.1) is 13.8 Å². The first-order valence-corrected chi connectivity index (χ1v) is 9.33. The number of fused-ring (bicyclic) bond motifs is 1. The molecule has 28 heavy (non-hydrogen) atoms. The van der Waals surface area contributed by atoms with Gasteiger partial charge in [0.1, 0.15) is 5.75 Å². The molecule has 3 nitrogen and oxygen atoms in total. The Labute approximate surface area is 168 Å². The molecule has 0 aliphatic carbocycles. The summed E-state index contributed by atoms with van der Waals surface area (Å²) in [7, 11) is 0. The van der Waals surface area contributed by atoms with E-state index in [2.05, 4.69) is 0 Å². The lowest BCUT2D eigenvalue weighted by Gasteiger charge is -2.11. The summed E-state index contributed by atoms with van der Waals surface area (Å²) in [6.07, 6.45) is 0. The second-order valence-corrected chi connectivity index (χ2v) is 7.22. The van der Waals surface area contributed by atoms with E-state index in [1.807, 2.05) is 68.4 Å². The molecule has 0 saturated carbocycles. The van der Waals surface area contributed by atoms with Crippen molar-refractivity contribution in [1.82, 2.24) is 4.98 Å². The van der Waals surface area contributed by atoms with Crippen molar-refractivity contribution >= 4 is 28.5 Å². The zero-order chi connectivity index (χ0) is 19.7. The second kappa shape index (κ2) is 7.45. The quantitative estimate of drug-likeness (QED) is 0.302. The number of ether oxygens (including phenoxy) is 1. The van der Waals surface area contributed by atoms with Crippen molar-refractivity contribution in [3.8, 4) is 17.0 Å². The molecule has 138 valence electrons. The number of carbonyl (C=O) groups is 1. The molecule has 4 aromatic rings. The maximum Gasteiger partial charge on any atom is 0.344 e. The lowest BCUT2D eigenvalue weighted by Crippen LogP contribution is -2.10. The van der Waals surface area contributed by atoms with Crippen LogP contribution >= 0.6 is 11.6 Å². The fourth-order valence-electron chi connectivity index (χ4n) is 3.05. The molecule has 0 fully saturated rings. The molecule has 0 unspecified atom stereocenters. The van der Waals surface area contributed by atoms with E-state index >= 15 is 0 Å². The molecule has 0 saturated heterocycles. The topological polar surface area (TPSA) is 39.2 Å². The van der Waals surface area contributed by atoms with Gasteiger partial charge in [-0.05, 0) is 56.3 Å². The molecule has 0 N–H and O–H groups in total. The highest BCUT2D eigenvalue weighted by molar-refractivity contribution is 6.30. The smallest absolute Gasteiger partial charge is 0.344 e. The number of aryl methyl sites for hydroxylation is 2. The maximum absolute atomic E-state index is 13.0. The van der Waals surface area contributed by atoms with E-state index in [1.165, 1.54) is 0 Å². The molecule has 0 bridgehead atoms. The van der Waals surface area contributed by atoms with E-state index < -0.39 is 5.97 Å². The minimum atomic E-state index is -0.405. The van der Waals surface area contributed by atoms with E-state index in [1.54, 1.807) is 18.2 Å². The predicted molar refractivity (Wildman–Crippen MR) is 113 cm³/mol. The van der Waals surface area contributed by atoms with Crippen molar-refractivity contribution in [2.45, 2.75) is 13.8 Å². The third kappa shape index (κ3) is 3.75. The van der Waals surface area contributed by atoms with Crippen LogP contribution in [0.1, 0.15) is 21.5 Å². The van der Waals surface area contributed by atoms with Gasteiger partial charge in [0, 0.05) is 16.0 Å². The second-order valence-electron chi connectivity index (χ2n) is 6.79. The van der Waals surface area contributed by atoms with Crippen molar-refractivity contribution in [2.75, 3.05) is 0 Å². The summed E-state index contributed by atoms with van der Waals surface area (Å²) in [5, 5.41) is 1.42. The molecule has 3 aromatic carbocycles. The summed E-state index contributed by atoms with van der Waals surface area (Å²) in [5.41, 5.74) is 4.97. The number of hydrogen-bond acceptors (Lipinski definition) is 3. The van der Waals surface area contributed by atoms with Crippen LogP contribution in [0.4, 0.5) is 0 Å². The molecular weight excluding hydrogens is 370 g/mol. The first kappa shape index (κ1) is 18.2. The summed E-state index contributed by atoms with van der Waals surface area (Å²) >= 11 is 6.00. The van der Waals surface area contributed by atoms with Gasteiger partial charge < -0.3 is 4.74 Å². The molecule has 0 aliphatic heterocycles. The van der Waals surface area contributed by atoms with Crippen molar-refractivity contribution in [2.24, 2.45) is 0 Å². The van der Waals surface area contributed by atoms with Crippen LogP contribution in [0.15, 0.2) is 72.8 Å². The summed E-state index contributed by atoms with van der Waals surface area (Å²) in [4.78, 5) is 17.7. The third-order valence-corrected chi connectivity index (χ3v) is 4.81. The fourth-order valence-corrected chi connectivity index (χ4v) is 3.17. The van der Waals surface area contributed by atoms with Crippen LogP contribution in [-0.4, -0.2) is 11.0 Å². The van der Waals surface area contributed by atoms with Crippen LogP contribution in [0.5, 0.6) is 5.75 Å². The van der Waals surface area contributed by atoms with Gasteiger partial charge in [0.2, 0.25) is 0 Å². The summed E-state index contributed by atoms with van der Waals surface area (Å²) in [5.74, 6) is 0.110. The maximum atomic E-state index is 13.0. The zero-order valence-corrected chi connectivity index (χ0v) is 16.3. The molecule has 0 radical (unpaired) electrons. The number of hydrogen-bond donors (Lipinski definition) is 0. The first-order valence-electron chi connectivity index (χ1n) is 8.96. The monoisotopic (exact) mass is 387 g/mol. The van der Waals surface area contributed by atoms with Gasteiger partial charge in [-0.2, -0.15) is 0 Å². The highest BCUT2D eigenvalue weighted by Crippen LogP contribution is 2.27. The molecule has 1 aromatic heterocycles. The molecule has 0 atom stereocenters. The Morgan fingerprint density at radius 1 is 0.857 bits per heavy atom. The summed E-state index contributed by atoms with van der Waals surface area (Å²) in [6, 6.07) is 22.4. The highest BCUT2D eigenvalue weighted by Gasteiger charge is 2.16. The van der Waals surface area contributed by atoms with Gasteiger partial charge in [0.05, 0.1) is 16.8 Å². The molecule has 0 amide bonds. The molecule has 4 rings (SSSR count). The molecule has 1 heterocycles. The Balaban J connectivity index is 1.82. The van der Waals surface area contributed by atoms with E-state index in [-0.39, 0.29) is 0 Å². The SMILES string of the molecule is Cc1ccc(OC(=O)c2cc(-c3ccc(Cl)cc3)nc3ccc(C)cc23)cc1. The standard InChI is InChI=1S/C24H18ClNO2/c1-15-3-10-19(11-4-15)28-24(27)21-14-23(17-6-8-18(25)9-7-17)26-22-12-5-16(2)13-20(21)22/h3-14H,1-2H3. The number of aromatic nitrogens is 1. The number of carbonyl (C=O) groups excluding carboxylic acids is 1. The Kier molecular flexibility index (Phi) is 4.84. The number of pyridine rings is 1. The van der Waals surface area contributed by atoms with E-state index in [4.69, 9.17) is 21.3 Å². The number of rotatable bonds is 3. The van der Waals surface area contributed by atoms with Crippen molar-refractivity contribution in [3.63, 3.8) is 0 Å². The minimum absolute atomic E-state index is 0.405. The summed E-state index contributed by atoms with van der Waals surface area (Å²) in [6.45, 7) is 3.98. The van der Waals surface area contributed by atoms with Crippen LogP contribution in [-0.2, 0) is 0 Å². The van der Waals surface area contributed by atoms with Gasteiger partial charge in [0.25, 0.3) is 0 Å². The van der Waals surface area contributed by atoms with E-state index in [0.29, 0.717) is 22.0 Å².